The number of hydrogen-bond acceptors (Lipinski definition) is 3. The molecule has 0 saturated carbocycles. The van der Waals surface area contributed by atoms with E-state index in [1.807, 2.05) is 42.5 Å². The van der Waals surface area contributed by atoms with Gasteiger partial charge in [-0.15, -0.1) is 0 Å². The second-order valence-corrected chi connectivity index (χ2v) is 7.28. The van der Waals surface area contributed by atoms with Gasteiger partial charge < -0.3 is 9.47 Å². The van der Waals surface area contributed by atoms with Crippen molar-refractivity contribution in [3.8, 4) is 11.5 Å². The summed E-state index contributed by atoms with van der Waals surface area (Å²) in [6.45, 7) is 2.73. The molecule has 3 nitrogen and oxygen atoms in total. The maximum Gasteiger partial charge on any atom is 0.338 e. The molecule has 0 atom stereocenters. The Morgan fingerprint density at radius 1 is 0.893 bits per heavy atom. The molecule has 2 aromatic rings. The van der Waals surface area contributed by atoms with E-state index in [2.05, 4.69) is 6.92 Å². The van der Waals surface area contributed by atoms with E-state index in [4.69, 9.17) is 9.47 Å². The number of carbonyl (C=O) groups excluding carboxylic acids is 1. The van der Waals surface area contributed by atoms with Crippen LogP contribution < -0.4 is 4.74 Å². The second-order valence-electron chi connectivity index (χ2n) is 7.28. The first-order chi connectivity index (χ1) is 13.3. The molecule has 145 valence electrons. The Balaban J connectivity index is 0.00000280. The summed E-state index contributed by atoms with van der Waals surface area (Å²) in [6, 6.07) is 13.6. The minimum atomic E-state index is -0.238. The summed E-state index contributed by atoms with van der Waals surface area (Å²) in [5.41, 5.74) is 2.66. The quantitative estimate of drug-likeness (QED) is 0.225. The maximum atomic E-state index is 12.6. The van der Waals surface area contributed by atoms with E-state index in [0.717, 1.165) is 35.5 Å². The normalized spacial score (nSPS) is 11.6. The van der Waals surface area contributed by atoms with Crippen LogP contribution in [0.4, 0.5) is 0 Å². The van der Waals surface area contributed by atoms with Crippen LogP contribution in [0.3, 0.4) is 0 Å². The van der Waals surface area contributed by atoms with Gasteiger partial charge in [0.25, 0.3) is 0 Å². The maximum absolute atomic E-state index is 12.6. The fourth-order valence-corrected chi connectivity index (χ4v) is 3.57. The van der Waals surface area contributed by atoms with Crippen LogP contribution in [-0.4, -0.2) is 64.0 Å². The van der Waals surface area contributed by atoms with Crippen LogP contribution in [0, 0.1) is 0 Å². The average molecular weight is 406 g/mol. The summed E-state index contributed by atoms with van der Waals surface area (Å²) in [4.78, 5) is 12.6. The number of ether oxygens (including phenoxy) is 2. The predicted molar refractivity (Wildman–Crippen MR) is 114 cm³/mol. The van der Waals surface area contributed by atoms with Crippen molar-refractivity contribution < 1.29 is 14.3 Å². The number of fused-ring (bicyclic) bond motifs is 2. The Kier molecular flexibility index (Phi) is 10.8. The predicted octanol–water partition coefficient (Wildman–Crippen LogP) is 6.30. The Bertz CT molecular complexity index is 757. The molecule has 1 radical (unpaired) electrons. The van der Waals surface area contributed by atoms with Crippen molar-refractivity contribution >= 4 is 57.4 Å². The summed E-state index contributed by atoms with van der Waals surface area (Å²) >= 11 is 0. The molecule has 1 aliphatic rings. The van der Waals surface area contributed by atoms with Crippen LogP contribution in [0.25, 0.3) is 0 Å². The summed E-state index contributed by atoms with van der Waals surface area (Å²) in [5, 5.41) is 0. The molecule has 0 fully saturated rings. The van der Waals surface area contributed by atoms with E-state index < -0.39 is 0 Å². The molecular weight excluding hydrogens is 375 g/mol. The van der Waals surface area contributed by atoms with Crippen LogP contribution in [0.15, 0.2) is 42.5 Å². The molecule has 2 aromatic carbocycles. The van der Waals surface area contributed by atoms with Crippen LogP contribution in [-0.2, 0) is 11.2 Å². The number of hydrogen-bond donors (Lipinski definition) is 0. The van der Waals surface area contributed by atoms with E-state index in [9.17, 15) is 4.79 Å². The van der Waals surface area contributed by atoms with Crippen LogP contribution in [0.2, 0.25) is 0 Å². The first kappa shape index (κ1) is 23.6. The van der Waals surface area contributed by atoms with Crippen LogP contribution in [0.5, 0.6) is 11.5 Å². The average Bonchev–Trinajstić information content (AvgIpc) is 2.70. The number of unbranched alkanes of at least 4 members (excludes halogenated alkanes) is 7. The Labute approximate surface area is 211 Å². The molecule has 0 aliphatic carbocycles. The summed E-state index contributed by atoms with van der Waals surface area (Å²) in [5.74, 6) is 1.39. The molecular formula is C24H30KO3. The zero-order valence-corrected chi connectivity index (χ0v) is 20.5. The van der Waals surface area contributed by atoms with E-state index in [-0.39, 0.29) is 57.4 Å². The van der Waals surface area contributed by atoms with Gasteiger partial charge in [-0.05, 0) is 30.2 Å². The molecule has 0 unspecified atom stereocenters. The number of carbonyl (C=O) groups is 1. The number of esters is 1. The van der Waals surface area contributed by atoms with Gasteiger partial charge in [0.05, 0.1) is 12.2 Å². The summed E-state index contributed by atoms with van der Waals surface area (Å²) in [6.07, 6.45) is 10.6. The van der Waals surface area contributed by atoms with Gasteiger partial charge in [-0.1, -0.05) is 76.1 Å². The van der Waals surface area contributed by atoms with Crippen molar-refractivity contribution in [3.63, 3.8) is 0 Å². The van der Waals surface area contributed by atoms with Crippen molar-refractivity contribution in [2.75, 3.05) is 6.61 Å². The SMILES string of the molecule is CCCCCCCCCCOC(=O)c1cccc2c1Cc1ccccc1O2.[K]. The Morgan fingerprint density at radius 2 is 1.57 bits per heavy atom. The van der Waals surface area contributed by atoms with Gasteiger partial charge in [-0.25, -0.2) is 4.79 Å². The van der Waals surface area contributed by atoms with Gasteiger partial charge in [0.1, 0.15) is 11.5 Å². The van der Waals surface area contributed by atoms with E-state index in [1.165, 1.54) is 38.5 Å². The Morgan fingerprint density at radius 3 is 2.36 bits per heavy atom. The minimum Gasteiger partial charge on any atom is -0.462 e. The van der Waals surface area contributed by atoms with Crippen molar-refractivity contribution in [1.82, 2.24) is 0 Å². The third kappa shape index (κ3) is 6.70. The third-order valence-electron chi connectivity index (χ3n) is 5.14. The molecule has 1 heterocycles. The fourth-order valence-electron chi connectivity index (χ4n) is 3.57. The zero-order valence-electron chi connectivity index (χ0n) is 17.3. The van der Waals surface area contributed by atoms with Crippen molar-refractivity contribution in [1.29, 1.82) is 0 Å². The van der Waals surface area contributed by atoms with Crippen molar-refractivity contribution in [3.05, 3.63) is 59.2 Å². The molecule has 1 aliphatic heterocycles. The van der Waals surface area contributed by atoms with Gasteiger partial charge in [0.2, 0.25) is 0 Å². The molecule has 28 heavy (non-hydrogen) atoms. The largest absolute Gasteiger partial charge is 0.462 e. The van der Waals surface area contributed by atoms with E-state index in [1.54, 1.807) is 0 Å². The van der Waals surface area contributed by atoms with Crippen molar-refractivity contribution in [2.24, 2.45) is 0 Å². The Hall–Kier alpha value is -0.654. The van der Waals surface area contributed by atoms with E-state index >= 15 is 0 Å². The zero-order chi connectivity index (χ0) is 18.9. The first-order valence-electron chi connectivity index (χ1n) is 10.3. The molecule has 4 heteroatoms. The molecule has 0 spiro atoms. The molecule has 3 rings (SSSR count). The smallest absolute Gasteiger partial charge is 0.338 e. The third-order valence-corrected chi connectivity index (χ3v) is 5.14. The van der Waals surface area contributed by atoms with Gasteiger partial charge in [-0.2, -0.15) is 0 Å². The number of benzene rings is 2. The van der Waals surface area contributed by atoms with Gasteiger partial charge in [0.15, 0.2) is 0 Å². The molecule has 0 aromatic heterocycles. The van der Waals surface area contributed by atoms with Gasteiger partial charge in [-0.3, -0.25) is 0 Å². The summed E-state index contributed by atoms with van der Waals surface area (Å²) < 4.78 is 11.5. The summed E-state index contributed by atoms with van der Waals surface area (Å²) in [7, 11) is 0. The molecule has 0 saturated heterocycles. The molecule has 0 bridgehead atoms. The minimum absolute atomic E-state index is 0. The van der Waals surface area contributed by atoms with Crippen LogP contribution >= 0.6 is 0 Å². The molecule has 0 N–H and O–H groups in total. The van der Waals surface area contributed by atoms with Crippen LogP contribution in [0.1, 0.15) is 79.8 Å². The van der Waals surface area contributed by atoms with E-state index in [0.29, 0.717) is 18.6 Å². The fraction of sp³-hybridized carbons (Fsp3) is 0.458. The number of para-hydroxylation sites is 1. The topological polar surface area (TPSA) is 35.5 Å². The standard InChI is InChI=1S/C24H30O3.K/c1-2-3-4-5-6-7-8-11-17-26-24(25)20-14-12-16-23-21(20)18-19-13-9-10-15-22(19)27-23;/h9-10,12-16H,2-8,11,17-18H2,1H3;. The second kappa shape index (κ2) is 12.8. The molecule has 0 amide bonds. The van der Waals surface area contributed by atoms with Gasteiger partial charge in [0, 0.05) is 63.4 Å². The monoisotopic (exact) mass is 405 g/mol. The van der Waals surface area contributed by atoms with Crippen molar-refractivity contribution in [2.45, 2.75) is 64.7 Å². The number of rotatable bonds is 10. The van der Waals surface area contributed by atoms with Gasteiger partial charge >= 0.3 is 5.97 Å². The first-order valence-corrected chi connectivity index (χ1v) is 10.3.